The third kappa shape index (κ3) is 9.94. The highest BCUT2D eigenvalue weighted by atomic mass is 15.1. The Balaban J connectivity index is 3.67. The van der Waals surface area contributed by atoms with Crippen molar-refractivity contribution in [2.24, 2.45) is 11.3 Å². The zero-order valence-corrected chi connectivity index (χ0v) is 13.9. The standard InChI is InChI=1S/C17H37N/c1-7-16(13-14-17(4,5)6)12-10-11-15-18(8-2)9-3/h16H,7-15H2,1-6H3/t16-/m0/s1. The molecule has 0 bridgehead atoms. The normalized spacial score (nSPS) is 14.2. The molecule has 0 radical (unpaired) electrons. The van der Waals surface area contributed by atoms with E-state index in [1.165, 1.54) is 58.2 Å². The predicted octanol–water partition coefficient (Wildman–Crippen LogP) is 5.35. The van der Waals surface area contributed by atoms with Gasteiger partial charge in [-0.05, 0) is 50.2 Å². The fourth-order valence-electron chi connectivity index (χ4n) is 2.50. The van der Waals surface area contributed by atoms with Gasteiger partial charge in [-0.1, -0.05) is 60.8 Å². The third-order valence-electron chi connectivity index (χ3n) is 4.11. The van der Waals surface area contributed by atoms with Crippen LogP contribution in [0.5, 0.6) is 0 Å². The lowest BCUT2D eigenvalue weighted by molar-refractivity contribution is 0.278. The summed E-state index contributed by atoms with van der Waals surface area (Å²) < 4.78 is 0. The summed E-state index contributed by atoms with van der Waals surface area (Å²) in [6, 6.07) is 0. The van der Waals surface area contributed by atoms with Gasteiger partial charge in [0.1, 0.15) is 0 Å². The zero-order valence-electron chi connectivity index (χ0n) is 13.9. The van der Waals surface area contributed by atoms with E-state index in [2.05, 4.69) is 46.4 Å². The van der Waals surface area contributed by atoms with E-state index in [0.717, 1.165) is 5.92 Å². The van der Waals surface area contributed by atoms with Crippen molar-refractivity contribution in [1.82, 2.24) is 4.90 Å². The van der Waals surface area contributed by atoms with Gasteiger partial charge >= 0.3 is 0 Å². The van der Waals surface area contributed by atoms with Crippen LogP contribution in [-0.4, -0.2) is 24.5 Å². The Labute approximate surface area is 116 Å². The maximum Gasteiger partial charge on any atom is -0.00190 e. The molecule has 0 heterocycles. The van der Waals surface area contributed by atoms with Crippen molar-refractivity contribution in [2.45, 2.75) is 80.1 Å². The van der Waals surface area contributed by atoms with Gasteiger partial charge in [-0.2, -0.15) is 0 Å². The van der Waals surface area contributed by atoms with Crippen LogP contribution in [0.3, 0.4) is 0 Å². The fraction of sp³-hybridized carbons (Fsp3) is 1.00. The maximum absolute atomic E-state index is 2.54. The molecule has 0 N–H and O–H groups in total. The molecule has 0 saturated heterocycles. The van der Waals surface area contributed by atoms with Gasteiger partial charge in [-0.25, -0.2) is 0 Å². The Morgan fingerprint density at radius 3 is 1.94 bits per heavy atom. The highest BCUT2D eigenvalue weighted by molar-refractivity contribution is 4.66. The van der Waals surface area contributed by atoms with Crippen LogP contribution >= 0.6 is 0 Å². The minimum atomic E-state index is 0.509. The summed E-state index contributed by atoms with van der Waals surface area (Å²) in [6.07, 6.45) is 8.40. The second kappa shape index (κ2) is 9.83. The zero-order chi connectivity index (χ0) is 14.0. The van der Waals surface area contributed by atoms with E-state index in [1.54, 1.807) is 0 Å². The molecule has 0 aromatic rings. The largest absolute Gasteiger partial charge is 0.304 e. The quantitative estimate of drug-likeness (QED) is 0.476. The predicted molar refractivity (Wildman–Crippen MR) is 84.1 cm³/mol. The summed E-state index contributed by atoms with van der Waals surface area (Å²) in [6.45, 7) is 17.7. The maximum atomic E-state index is 2.54. The van der Waals surface area contributed by atoms with Crippen molar-refractivity contribution in [2.75, 3.05) is 19.6 Å². The average molecular weight is 255 g/mol. The number of rotatable bonds is 10. The molecule has 0 aliphatic heterocycles. The van der Waals surface area contributed by atoms with Crippen LogP contribution in [0.15, 0.2) is 0 Å². The molecule has 1 atom stereocenters. The molecular formula is C17H37N. The number of unbranched alkanes of at least 4 members (excludes halogenated alkanes) is 1. The topological polar surface area (TPSA) is 3.24 Å². The van der Waals surface area contributed by atoms with Crippen LogP contribution in [0.25, 0.3) is 0 Å². The third-order valence-corrected chi connectivity index (χ3v) is 4.11. The molecule has 0 rings (SSSR count). The summed E-state index contributed by atoms with van der Waals surface area (Å²) in [4.78, 5) is 2.54. The summed E-state index contributed by atoms with van der Waals surface area (Å²) in [5, 5.41) is 0. The second-order valence-corrected chi connectivity index (χ2v) is 6.90. The molecule has 1 nitrogen and oxygen atoms in total. The minimum Gasteiger partial charge on any atom is -0.304 e. The van der Waals surface area contributed by atoms with Gasteiger partial charge in [0, 0.05) is 0 Å². The minimum absolute atomic E-state index is 0.509. The first-order valence-electron chi connectivity index (χ1n) is 8.15. The van der Waals surface area contributed by atoms with E-state index in [1.807, 2.05) is 0 Å². The lowest BCUT2D eigenvalue weighted by atomic mass is 9.84. The first-order valence-corrected chi connectivity index (χ1v) is 8.15. The van der Waals surface area contributed by atoms with Gasteiger partial charge in [0.15, 0.2) is 0 Å². The molecule has 0 aliphatic rings. The summed E-state index contributed by atoms with van der Waals surface area (Å²) in [5.41, 5.74) is 0.509. The molecule has 0 spiro atoms. The summed E-state index contributed by atoms with van der Waals surface area (Å²) in [7, 11) is 0. The summed E-state index contributed by atoms with van der Waals surface area (Å²) in [5.74, 6) is 0.959. The Hall–Kier alpha value is -0.0400. The van der Waals surface area contributed by atoms with Crippen LogP contribution < -0.4 is 0 Å². The molecule has 0 amide bonds. The molecule has 0 saturated carbocycles. The lowest BCUT2D eigenvalue weighted by Gasteiger charge is -2.23. The SMILES string of the molecule is CC[C@@H](CCCCN(CC)CC)CCC(C)(C)C. The average Bonchev–Trinajstić information content (AvgIpc) is 2.32. The molecule has 1 heteroatoms. The Morgan fingerprint density at radius 2 is 1.50 bits per heavy atom. The van der Waals surface area contributed by atoms with Gasteiger partial charge in [0.25, 0.3) is 0 Å². The van der Waals surface area contributed by atoms with Crippen LogP contribution in [0.2, 0.25) is 0 Å². The first kappa shape index (κ1) is 18.0. The molecule has 0 aromatic heterocycles. The van der Waals surface area contributed by atoms with Crippen molar-refractivity contribution in [3.05, 3.63) is 0 Å². The molecule has 0 unspecified atom stereocenters. The Morgan fingerprint density at radius 1 is 0.889 bits per heavy atom. The highest BCUT2D eigenvalue weighted by Gasteiger charge is 2.14. The molecule has 0 aromatic carbocycles. The Kier molecular flexibility index (Phi) is 9.81. The highest BCUT2D eigenvalue weighted by Crippen LogP contribution is 2.27. The molecule has 0 aliphatic carbocycles. The number of hydrogen-bond donors (Lipinski definition) is 0. The van der Waals surface area contributed by atoms with E-state index in [9.17, 15) is 0 Å². The van der Waals surface area contributed by atoms with E-state index in [4.69, 9.17) is 0 Å². The van der Waals surface area contributed by atoms with Gasteiger partial charge in [0.05, 0.1) is 0 Å². The van der Waals surface area contributed by atoms with Crippen molar-refractivity contribution in [3.8, 4) is 0 Å². The van der Waals surface area contributed by atoms with Crippen LogP contribution in [0.4, 0.5) is 0 Å². The van der Waals surface area contributed by atoms with Crippen molar-refractivity contribution in [3.63, 3.8) is 0 Å². The number of nitrogens with zero attached hydrogens (tertiary/aromatic N) is 1. The Bertz CT molecular complexity index is 177. The van der Waals surface area contributed by atoms with E-state index >= 15 is 0 Å². The van der Waals surface area contributed by atoms with Crippen molar-refractivity contribution < 1.29 is 0 Å². The molecule has 18 heavy (non-hydrogen) atoms. The first-order chi connectivity index (χ1) is 8.42. The van der Waals surface area contributed by atoms with E-state index < -0.39 is 0 Å². The molecule has 110 valence electrons. The van der Waals surface area contributed by atoms with Gasteiger partial charge in [-0.3, -0.25) is 0 Å². The second-order valence-electron chi connectivity index (χ2n) is 6.90. The fourth-order valence-corrected chi connectivity index (χ4v) is 2.50. The summed E-state index contributed by atoms with van der Waals surface area (Å²) >= 11 is 0. The van der Waals surface area contributed by atoms with Gasteiger partial charge < -0.3 is 4.90 Å². The van der Waals surface area contributed by atoms with Crippen molar-refractivity contribution in [1.29, 1.82) is 0 Å². The van der Waals surface area contributed by atoms with Crippen molar-refractivity contribution >= 4 is 0 Å². The van der Waals surface area contributed by atoms with E-state index in [-0.39, 0.29) is 0 Å². The van der Waals surface area contributed by atoms with Gasteiger partial charge in [-0.15, -0.1) is 0 Å². The smallest absolute Gasteiger partial charge is 0.00190 e. The van der Waals surface area contributed by atoms with Crippen LogP contribution in [-0.2, 0) is 0 Å². The molecule has 0 fully saturated rings. The lowest BCUT2D eigenvalue weighted by Crippen LogP contribution is -2.24. The molecular weight excluding hydrogens is 218 g/mol. The van der Waals surface area contributed by atoms with Crippen LogP contribution in [0, 0.1) is 11.3 Å². The van der Waals surface area contributed by atoms with Crippen LogP contribution in [0.1, 0.15) is 80.1 Å². The van der Waals surface area contributed by atoms with Gasteiger partial charge in [0.2, 0.25) is 0 Å². The monoisotopic (exact) mass is 255 g/mol. The van der Waals surface area contributed by atoms with E-state index in [0.29, 0.717) is 5.41 Å². The number of hydrogen-bond acceptors (Lipinski definition) is 1.